The van der Waals surface area contributed by atoms with Gasteiger partial charge in [0.2, 0.25) is 11.8 Å². The molecule has 0 atom stereocenters. The summed E-state index contributed by atoms with van der Waals surface area (Å²) in [6.45, 7) is 24.5. The molecule has 2 aliphatic rings. The highest BCUT2D eigenvalue weighted by molar-refractivity contribution is 5.80. The van der Waals surface area contributed by atoms with Crippen LogP contribution in [0.2, 0.25) is 0 Å². The molecule has 0 bridgehead atoms. The second-order valence-electron chi connectivity index (χ2n) is 21.3. The van der Waals surface area contributed by atoms with Crippen molar-refractivity contribution in [3.8, 4) is 0 Å². The number of aliphatic hydroxyl groups excluding tert-OH is 1. The Morgan fingerprint density at radius 1 is 0.592 bits per heavy atom. The SMILES string of the molecule is CC(=O)N(C)C.CC(C)(C)O.CC(C)N(C)C.CC(C)O.CC(C)OC(=O)N(C)C.CCN(C)C.CN(C)C(=O)C1CC1.CN(C)C1CC1.CN(C)CC(F)(F)F.CN(C)CC(F)F.COC(=O)N(C)C.COC(C)C. The standard InChI is InChI=1S/C6H13NO2.C6H11NO.C5H11N.C5H13N.C4H8F3N.C4H9F2N.C4H9NO2.C4H9NO.C4H11N.2C4H10O.C3H8O/c1-5(2)9-6(8)7(3)4;1-7(2)6(8)5-3-4-5;1-6(2)5-3-4-5;1-5(2)6(3)4;1-8(2)3-4(5,6)7;1-7(2)3-4(5)6;1-5(2)4(6)7-3;1-4(6)5(2)3;1-4-5(2)3;1-4(2)5-3;1-4(2,3)5;1-3(2)4/h5H,1-4H3;5H,3-4H2,1-2H3;5H,3-4H2,1-2H3;5H,1-4H3;3H2,1-2H3;4H,3H2,1-2H3;1-3H3;1-3H3;4H2,1-3H3;4H,1-3H3;5H,1-3H3;3-4H,1-2H3. The molecule has 0 aromatic rings. The van der Waals surface area contributed by atoms with Gasteiger partial charge >= 0.3 is 18.4 Å². The number of carbonyl (C=O) groups is 4. The molecule has 468 valence electrons. The first-order valence-corrected chi connectivity index (χ1v) is 25.4. The lowest BCUT2D eigenvalue weighted by molar-refractivity contribution is -0.140. The van der Waals surface area contributed by atoms with Gasteiger partial charge in [0, 0.05) is 94.5 Å². The number of methoxy groups -OCH3 is 2. The highest BCUT2D eigenvalue weighted by atomic mass is 19.4. The molecule has 23 heteroatoms. The van der Waals surface area contributed by atoms with Crippen molar-refractivity contribution in [3.63, 3.8) is 0 Å². The van der Waals surface area contributed by atoms with Crippen LogP contribution in [0.25, 0.3) is 0 Å². The van der Waals surface area contributed by atoms with Crippen LogP contribution in [0.3, 0.4) is 0 Å². The molecule has 4 amide bonds. The Hall–Kier alpha value is -3.19. The van der Waals surface area contributed by atoms with Crippen molar-refractivity contribution in [1.29, 1.82) is 0 Å². The minimum absolute atomic E-state index is 0.0279. The maximum absolute atomic E-state index is 11.3. The van der Waals surface area contributed by atoms with E-state index in [4.69, 9.17) is 19.7 Å². The van der Waals surface area contributed by atoms with Crippen LogP contribution < -0.4 is 0 Å². The second-order valence-corrected chi connectivity index (χ2v) is 21.3. The van der Waals surface area contributed by atoms with E-state index >= 15 is 0 Å². The van der Waals surface area contributed by atoms with Gasteiger partial charge in [-0.15, -0.1) is 0 Å². The van der Waals surface area contributed by atoms with Gasteiger partial charge in [-0.1, -0.05) is 6.92 Å². The molecule has 2 fully saturated rings. The van der Waals surface area contributed by atoms with Gasteiger partial charge in [-0.2, -0.15) is 13.2 Å². The molecule has 0 spiro atoms. The van der Waals surface area contributed by atoms with E-state index < -0.39 is 24.7 Å². The summed E-state index contributed by atoms with van der Waals surface area (Å²) < 4.78 is 70.1. The Kier molecular flexibility index (Phi) is 72.6. The van der Waals surface area contributed by atoms with Gasteiger partial charge in [0.25, 0.3) is 6.43 Å². The fourth-order valence-corrected chi connectivity index (χ4v) is 2.41. The maximum Gasteiger partial charge on any atom is 0.409 e. The molecular formula is C53H122F5N9O9. The van der Waals surface area contributed by atoms with Crippen molar-refractivity contribution in [1.82, 2.24) is 44.1 Å². The number of aliphatic hydroxyl groups is 2. The third kappa shape index (κ3) is 139. The molecule has 0 unspecified atom stereocenters. The van der Waals surface area contributed by atoms with E-state index in [1.54, 1.807) is 117 Å². The number of carbonyl (C=O) groups excluding carboxylic acids is 4. The summed E-state index contributed by atoms with van der Waals surface area (Å²) >= 11 is 0. The van der Waals surface area contributed by atoms with Crippen molar-refractivity contribution in [2.75, 3.05) is 161 Å². The number of nitrogens with zero attached hydrogens (tertiary/aromatic N) is 9. The summed E-state index contributed by atoms with van der Waals surface area (Å²) in [7, 11) is 35.2. The third-order valence-electron chi connectivity index (χ3n) is 7.65. The first-order valence-electron chi connectivity index (χ1n) is 25.4. The predicted molar refractivity (Wildman–Crippen MR) is 308 cm³/mol. The monoisotopic (exact) mass is 1120 g/mol. The second kappa shape index (κ2) is 58.0. The zero-order chi connectivity index (χ0) is 63.6. The summed E-state index contributed by atoms with van der Waals surface area (Å²) in [6, 6.07) is 1.62. The van der Waals surface area contributed by atoms with E-state index in [9.17, 15) is 41.1 Å². The van der Waals surface area contributed by atoms with Crippen molar-refractivity contribution in [2.24, 2.45) is 5.92 Å². The molecule has 2 aliphatic carbocycles. The molecule has 0 aliphatic heterocycles. The van der Waals surface area contributed by atoms with Crippen LogP contribution in [0.15, 0.2) is 0 Å². The normalized spacial score (nSPS) is 11.9. The number of hydrogen-bond acceptors (Lipinski definition) is 14. The number of amides is 4. The van der Waals surface area contributed by atoms with Crippen LogP contribution in [-0.2, 0) is 23.8 Å². The van der Waals surface area contributed by atoms with Gasteiger partial charge in [-0.25, -0.2) is 18.4 Å². The van der Waals surface area contributed by atoms with Gasteiger partial charge in [-0.05, 0) is 179 Å². The van der Waals surface area contributed by atoms with E-state index in [0.29, 0.717) is 24.0 Å². The minimum atomic E-state index is -4.05. The van der Waals surface area contributed by atoms with Crippen molar-refractivity contribution in [2.45, 2.75) is 164 Å². The summed E-state index contributed by atoms with van der Waals surface area (Å²) in [6.07, 6.45) is -1.60. The molecule has 2 N–H and O–H groups in total. The van der Waals surface area contributed by atoms with Crippen LogP contribution >= 0.6 is 0 Å². The average Bonchev–Trinajstić information content (AvgIpc) is 4.14. The lowest BCUT2D eigenvalue weighted by Gasteiger charge is -2.12. The third-order valence-corrected chi connectivity index (χ3v) is 7.65. The van der Waals surface area contributed by atoms with E-state index in [1.165, 1.54) is 60.6 Å². The Balaban J connectivity index is -0.0000000786. The molecule has 18 nitrogen and oxygen atoms in total. The van der Waals surface area contributed by atoms with Crippen molar-refractivity contribution < 1.29 is 65.6 Å². The molecule has 2 rings (SSSR count). The largest absolute Gasteiger partial charge is 0.453 e. The van der Waals surface area contributed by atoms with Gasteiger partial charge < -0.3 is 68.5 Å². The highest BCUT2D eigenvalue weighted by Gasteiger charge is 2.30. The van der Waals surface area contributed by atoms with Crippen LogP contribution in [0, 0.1) is 5.92 Å². The molecule has 0 saturated heterocycles. The number of halogens is 5. The number of rotatable bonds is 9. The Labute approximate surface area is 463 Å². The first kappa shape index (κ1) is 95.2. The topological polar surface area (TPSA) is 166 Å². The van der Waals surface area contributed by atoms with Crippen LogP contribution in [0.4, 0.5) is 31.5 Å². The number of ether oxygens (including phenoxy) is 3. The predicted octanol–water partition coefficient (Wildman–Crippen LogP) is 8.35. The average molecular weight is 1120 g/mol. The van der Waals surface area contributed by atoms with Crippen LogP contribution in [-0.4, -0.2) is 288 Å². The lowest BCUT2D eigenvalue weighted by Crippen LogP contribution is -2.27. The molecular weight excluding hydrogens is 1000 g/mol. The van der Waals surface area contributed by atoms with Gasteiger partial charge in [0.1, 0.15) is 0 Å². The van der Waals surface area contributed by atoms with Gasteiger partial charge in [-0.3, -0.25) is 9.59 Å². The van der Waals surface area contributed by atoms with Gasteiger partial charge in [0.15, 0.2) is 0 Å². The Morgan fingerprint density at radius 2 is 0.895 bits per heavy atom. The van der Waals surface area contributed by atoms with Crippen molar-refractivity contribution in [3.05, 3.63) is 0 Å². The minimum Gasteiger partial charge on any atom is -0.453 e. The fraction of sp³-hybridized carbons (Fsp3) is 0.925. The first-order chi connectivity index (χ1) is 33.8. The molecule has 0 aromatic heterocycles. The zero-order valence-corrected chi connectivity index (χ0v) is 54.7. The number of alkyl halides is 5. The maximum atomic E-state index is 11.3. The molecule has 76 heavy (non-hydrogen) atoms. The van der Waals surface area contributed by atoms with E-state index in [-0.39, 0.29) is 36.8 Å². The summed E-state index contributed by atoms with van der Waals surface area (Å²) in [5.41, 5.74) is -0.500. The quantitative estimate of drug-likeness (QED) is 0.212. The van der Waals surface area contributed by atoms with Crippen LogP contribution in [0.5, 0.6) is 0 Å². The molecule has 0 radical (unpaired) electrons. The zero-order valence-electron chi connectivity index (χ0n) is 54.7. The Morgan fingerprint density at radius 3 is 0.921 bits per heavy atom. The summed E-state index contributed by atoms with van der Waals surface area (Å²) in [5, 5.41) is 16.6. The Bertz CT molecular complexity index is 1220. The van der Waals surface area contributed by atoms with Crippen molar-refractivity contribution >= 4 is 24.0 Å². The molecule has 0 heterocycles. The lowest BCUT2D eigenvalue weighted by atomic mass is 10.2. The number of hydrogen-bond donors (Lipinski definition) is 2. The molecule has 0 aromatic carbocycles. The molecule has 2 saturated carbocycles. The highest BCUT2D eigenvalue weighted by Crippen LogP contribution is 2.30. The fourth-order valence-electron chi connectivity index (χ4n) is 2.41. The van der Waals surface area contributed by atoms with E-state index in [2.05, 4.69) is 82.5 Å². The summed E-state index contributed by atoms with van der Waals surface area (Å²) in [4.78, 5) is 56.8. The smallest absolute Gasteiger partial charge is 0.409 e. The van der Waals surface area contributed by atoms with Gasteiger partial charge in [0.05, 0.1) is 38.0 Å². The van der Waals surface area contributed by atoms with Crippen LogP contribution in [0.1, 0.15) is 116 Å². The van der Waals surface area contributed by atoms with E-state index in [0.717, 1.165) is 30.3 Å². The van der Waals surface area contributed by atoms with E-state index in [1.807, 2.05) is 27.7 Å². The summed E-state index contributed by atoms with van der Waals surface area (Å²) in [5.74, 6) is 0.769.